The number of nitrogens with zero attached hydrogens (tertiary/aromatic N) is 2. The van der Waals surface area contributed by atoms with Crippen LogP contribution in [0.4, 0.5) is 0 Å². The molecule has 146 valence electrons. The van der Waals surface area contributed by atoms with Crippen molar-refractivity contribution in [3.63, 3.8) is 0 Å². The second kappa shape index (κ2) is 9.13. The molecule has 0 unspecified atom stereocenters. The molecule has 0 radical (unpaired) electrons. The van der Waals surface area contributed by atoms with Crippen molar-refractivity contribution in [2.45, 2.75) is 0 Å². The van der Waals surface area contributed by atoms with Crippen LogP contribution >= 0.6 is 11.6 Å². The third kappa shape index (κ3) is 4.87. The standard InChI is InChI=1S/C23H19ClN2O3/c1-3-23(27)26(2)11-12-28-18-8-10-20(24)22(14-18)29-21-6-4-5-17-13-16(15-25)7-9-19(17)21/h3-10,13-14H,1,11-12H2,2H3. The summed E-state index contributed by atoms with van der Waals surface area (Å²) < 4.78 is 11.8. The van der Waals surface area contributed by atoms with Crippen molar-refractivity contribution in [2.24, 2.45) is 0 Å². The maximum absolute atomic E-state index is 11.5. The van der Waals surface area contributed by atoms with Gasteiger partial charge in [0.05, 0.1) is 23.2 Å². The average Bonchev–Trinajstić information content (AvgIpc) is 2.74. The van der Waals surface area contributed by atoms with Crippen molar-refractivity contribution < 1.29 is 14.3 Å². The summed E-state index contributed by atoms with van der Waals surface area (Å²) in [7, 11) is 1.68. The molecular formula is C23H19ClN2O3. The van der Waals surface area contributed by atoms with Gasteiger partial charge in [0.15, 0.2) is 0 Å². The van der Waals surface area contributed by atoms with Gasteiger partial charge >= 0.3 is 0 Å². The fourth-order valence-corrected chi connectivity index (χ4v) is 2.91. The largest absolute Gasteiger partial charge is 0.492 e. The van der Waals surface area contributed by atoms with E-state index in [0.29, 0.717) is 41.0 Å². The van der Waals surface area contributed by atoms with E-state index in [4.69, 9.17) is 26.3 Å². The molecule has 0 aliphatic heterocycles. The lowest BCUT2D eigenvalue weighted by Gasteiger charge is -2.16. The lowest BCUT2D eigenvalue weighted by atomic mass is 10.1. The summed E-state index contributed by atoms with van der Waals surface area (Å²) in [6, 6.07) is 18.3. The molecule has 0 N–H and O–H groups in total. The number of halogens is 1. The molecule has 0 saturated heterocycles. The third-order valence-electron chi connectivity index (χ3n) is 4.34. The van der Waals surface area contributed by atoms with E-state index in [9.17, 15) is 4.79 Å². The van der Waals surface area contributed by atoms with Crippen molar-refractivity contribution in [3.8, 4) is 23.3 Å². The minimum absolute atomic E-state index is 0.163. The summed E-state index contributed by atoms with van der Waals surface area (Å²) in [6.45, 7) is 4.21. The maximum Gasteiger partial charge on any atom is 0.245 e. The number of likely N-dealkylation sites (N-methyl/N-ethyl adjacent to an activating group) is 1. The highest BCUT2D eigenvalue weighted by Crippen LogP contribution is 2.36. The molecule has 0 atom stereocenters. The zero-order valence-electron chi connectivity index (χ0n) is 15.9. The molecule has 0 aromatic heterocycles. The zero-order chi connectivity index (χ0) is 20.8. The van der Waals surface area contributed by atoms with Gasteiger partial charge in [-0.25, -0.2) is 0 Å². The monoisotopic (exact) mass is 406 g/mol. The molecule has 0 aliphatic rings. The number of rotatable bonds is 7. The van der Waals surface area contributed by atoms with E-state index in [1.165, 1.54) is 11.0 Å². The Morgan fingerprint density at radius 1 is 1.21 bits per heavy atom. The van der Waals surface area contributed by atoms with Crippen LogP contribution in [0.25, 0.3) is 10.8 Å². The maximum atomic E-state index is 11.5. The molecule has 0 heterocycles. The molecule has 0 saturated carbocycles. The van der Waals surface area contributed by atoms with Crippen LogP contribution in [0.1, 0.15) is 5.56 Å². The van der Waals surface area contributed by atoms with E-state index < -0.39 is 0 Å². The van der Waals surface area contributed by atoms with Gasteiger partial charge in [0.2, 0.25) is 5.91 Å². The van der Waals surface area contributed by atoms with E-state index in [2.05, 4.69) is 12.6 Å². The number of carbonyl (C=O) groups excluding carboxylic acids is 1. The van der Waals surface area contributed by atoms with Crippen molar-refractivity contribution in [2.75, 3.05) is 20.2 Å². The SMILES string of the molecule is C=CC(=O)N(C)CCOc1ccc(Cl)c(Oc2cccc3cc(C#N)ccc23)c1. The van der Waals surface area contributed by atoms with Crippen molar-refractivity contribution >= 4 is 28.3 Å². The Labute approximate surface area is 174 Å². The van der Waals surface area contributed by atoms with E-state index in [1.807, 2.05) is 30.3 Å². The van der Waals surface area contributed by atoms with Gasteiger partial charge in [0.1, 0.15) is 23.9 Å². The lowest BCUT2D eigenvalue weighted by Crippen LogP contribution is -2.29. The molecule has 0 aliphatic carbocycles. The number of nitriles is 1. The van der Waals surface area contributed by atoms with Gasteiger partial charge < -0.3 is 14.4 Å². The van der Waals surface area contributed by atoms with Crippen LogP contribution in [-0.4, -0.2) is 31.0 Å². The molecule has 5 nitrogen and oxygen atoms in total. The highest BCUT2D eigenvalue weighted by atomic mass is 35.5. The Morgan fingerprint density at radius 2 is 2.03 bits per heavy atom. The summed E-state index contributed by atoms with van der Waals surface area (Å²) in [5.74, 6) is 1.50. The van der Waals surface area contributed by atoms with Gasteiger partial charge in [-0.15, -0.1) is 0 Å². The number of hydrogen-bond acceptors (Lipinski definition) is 4. The Balaban J connectivity index is 1.77. The molecule has 3 rings (SSSR count). The molecule has 0 bridgehead atoms. The highest BCUT2D eigenvalue weighted by Gasteiger charge is 2.10. The molecular weight excluding hydrogens is 388 g/mol. The molecule has 3 aromatic carbocycles. The van der Waals surface area contributed by atoms with Gasteiger partial charge in [-0.2, -0.15) is 5.26 Å². The number of carbonyl (C=O) groups is 1. The van der Waals surface area contributed by atoms with E-state index in [0.717, 1.165) is 10.8 Å². The van der Waals surface area contributed by atoms with Gasteiger partial charge in [0.25, 0.3) is 0 Å². The number of hydrogen-bond donors (Lipinski definition) is 0. The molecule has 6 heteroatoms. The van der Waals surface area contributed by atoms with Crippen molar-refractivity contribution in [1.82, 2.24) is 4.90 Å². The minimum atomic E-state index is -0.163. The molecule has 3 aromatic rings. The quantitative estimate of drug-likeness (QED) is 0.507. The van der Waals surface area contributed by atoms with Gasteiger partial charge in [0, 0.05) is 18.5 Å². The van der Waals surface area contributed by atoms with Crippen LogP contribution in [0, 0.1) is 11.3 Å². The predicted octanol–water partition coefficient (Wildman–Crippen LogP) is 5.18. The lowest BCUT2D eigenvalue weighted by molar-refractivity contribution is -0.125. The van der Waals surface area contributed by atoms with E-state index >= 15 is 0 Å². The van der Waals surface area contributed by atoms with Crippen molar-refractivity contribution in [1.29, 1.82) is 5.26 Å². The van der Waals surface area contributed by atoms with Crippen LogP contribution in [0.15, 0.2) is 67.3 Å². The first-order valence-corrected chi connectivity index (χ1v) is 9.30. The van der Waals surface area contributed by atoms with Crippen LogP contribution < -0.4 is 9.47 Å². The fraction of sp³-hybridized carbons (Fsp3) is 0.130. The summed E-state index contributed by atoms with van der Waals surface area (Å²) >= 11 is 6.30. The molecule has 0 spiro atoms. The average molecular weight is 407 g/mol. The molecule has 29 heavy (non-hydrogen) atoms. The first kappa shape index (κ1) is 20.2. The summed E-state index contributed by atoms with van der Waals surface area (Å²) in [5.41, 5.74) is 0.586. The minimum Gasteiger partial charge on any atom is -0.492 e. The number of amides is 1. The predicted molar refractivity (Wildman–Crippen MR) is 114 cm³/mol. The second-order valence-electron chi connectivity index (χ2n) is 6.31. The fourth-order valence-electron chi connectivity index (χ4n) is 2.75. The van der Waals surface area contributed by atoms with E-state index in [-0.39, 0.29) is 5.91 Å². The van der Waals surface area contributed by atoms with Gasteiger partial charge in [-0.3, -0.25) is 4.79 Å². The van der Waals surface area contributed by atoms with Crippen LogP contribution in [0.5, 0.6) is 17.2 Å². The normalized spacial score (nSPS) is 10.2. The number of benzene rings is 3. The van der Waals surface area contributed by atoms with Crippen molar-refractivity contribution in [3.05, 3.63) is 77.8 Å². The molecule has 0 fully saturated rings. The van der Waals surface area contributed by atoms with E-state index in [1.54, 1.807) is 31.3 Å². The topological polar surface area (TPSA) is 62.6 Å². The van der Waals surface area contributed by atoms with Gasteiger partial charge in [-0.1, -0.05) is 30.3 Å². The molecule has 1 amide bonds. The number of ether oxygens (including phenoxy) is 2. The van der Waals surface area contributed by atoms with Crippen LogP contribution in [-0.2, 0) is 4.79 Å². The Morgan fingerprint density at radius 3 is 2.79 bits per heavy atom. The Hall–Kier alpha value is -3.49. The second-order valence-corrected chi connectivity index (χ2v) is 6.72. The van der Waals surface area contributed by atoms with Gasteiger partial charge in [-0.05, 0) is 47.9 Å². The summed E-state index contributed by atoms with van der Waals surface area (Å²) in [5, 5.41) is 11.3. The third-order valence-corrected chi connectivity index (χ3v) is 4.65. The first-order chi connectivity index (χ1) is 14.0. The number of fused-ring (bicyclic) bond motifs is 1. The highest BCUT2D eigenvalue weighted by molar-refractivity contribution is 6.32. The Kier molecular flexibility index (Phi) is 6.38. The smallest absolute Gasteiger partial charge is 0.245 e. The summed E-state index contributed by atoms with van der Waals surface area (Å²) in [4.78, 5) is 13.0. The van der Waals surface area contributed by atoms with Crippen LogP contribution in [0.2, 0.25) is 5.02 Å². The first-order valence-electron chi connectivity index (χ1n) is 8.92. The summed E-state index contributed by atoms with van der Waals surface area (Å²) in [6.07, 6.45) is 1.26. The zero-order valence-corrected chi connectivity index (χ0v) is 16.6. The van der Waals surface area contributed by atoms with Crippen LogP contribution in [0.3, 0.4) is 0 Å². The Bertz CT molecular complexity index is 1100.